The number of aromatic nitrogens is 4. The highest BCUT2D eigenvalue weighted by molar-refractivity contribution is 5.91. The zero-order valence-corrected chi connectivity index (χ0v) is 12.7. The summed E-state index contributed by atoms with van der Waals surface area (Å²) in [6, 6.07) is 3.32. The predicted molar refractivity (Wildman–Crippen MR) is 83.3 cm³/mol. The van der Waals surface area contributed by atoms with Crippen LogP contribution in [0.1, 0.15) is 10.4 Å². The molecular weight excluding hydrogens is 320 g/mol. The van der Waals surface area contributed by atoms with E-state index in [1.165, 1.54) is 24.0 Å². The van der Waals surface area contributed by atoms with Crippen LogP contribution in [0.5, 0.6) is 11.5 Å². The SMILES string of the molecule is Cn1c(=O)c2[nH]cnc2n(C)c1=O.O=C(O)c1cc(O)ccc1O. The Kier molecular flexibility index (Phi) is 4.40. The molecule has 3 aromatic rings. The van der Waals surface area contributed by atoms with Gasteiger partial charge in [-0.1, -0.05) is 0 Å². The van der Waals surface area contributed by atoms with Crippen molar-refractivity contribution in [3.63, 3.8) is 0 Å². The van der Waals surface area contributed by atoms with Crippen molar-refractivity contribution in [3.05, 3.63) is 50.9 Å². The summed E-state index contributed by atoms with van der Waals surface area (Å²) >= 11 is 0. The third-order valence-electron chi connectivity index (χ3n) is 3.24. The molecule has 0 aliphatic rings. The third-order valence-corrected chi connectivity index (χ3v) is 3.24. The van der Waals surface area contributed by atoms with E-state index in [1.54, 1.807) is 7.05 Å². The average molecular weight is 334 g/mol. The second-order valence-electron chi connectivity index (χ2n) is 4.81. The van der Waals surface area contributed by atoms with Crippen LogP contribution in [0.3, 0.4) is 0 Å². The smallest absolute Gasteiger partial charge is 0.339 e. The van der Waals surface area contributed by atoms with Gasteiger partial charge in [-0.15, -0.1) is 0 Å². The molecule has 0 saturated heterocycles. The number of aromatic amines is 1. The number of aromatic carboxylic acids is 1. The Hall–Kier alpha value is -3.56. The van der Waals surface area contributed by atoms with E-state index >= 15 is 0 Å². The van der Waals surface area contributed by atoms with Crippen molar-refractivity contribution in [2.75, 3.05) is 0 Å². The number of carboxylic acid groups (broad SMARTS) is 1. The highest BCUT2D eigenvalue weighted by atomic mass is 16.4. The molecule has 2 heterocycles. The standard InChI is InChI=1S/C7H8N4O2.C7H6O4/c1-10-5-4(8-3-9-5)6(12)11(2)7(10)13;8-4-1-2-6(9)5(3-4)7(10)11/h3H,1-2H3,(H,8,9);1-3,8-9H,(H,10,11). The van der Waals surface area contributed by atoms with E-state index in [0.717, 1.165) is 16.7 Å². The molecule has 0 amide bonds. The minimum absolute atomic E-state index is 0.180. The van der Waals surface area contributed by atoms with Crippen molar-refractivity contribution in [2.45, 2.75) is 0 Å². The number of H-pyrrole nitrogens is 1. The van der Waals surface area contributed by atoms with Crippen molar-refractivity contribution < 1.29 is 20.1 Å². The zero-order chi connectivity index (χ0) is 18.0. The fourth-order valence-electron chi connectivity index (χ4n) is 1.96. The third kappa shape index (κ3) is 2.97. The maximum Gasteiger partial charge on any atom is 0.339 e. The summed E-state index contributed by atoms with van der Waals surface area (Å²) in [5.41, 5.74) is -0.289. The topological polar surface area (TPSA) is 150 Å². The van der Waals surface area contributed by atoms with Gasteiger partial charge in [0.15, 0.2) is 5.65 Å². The van der Waals surface area contributed by atoms with Crippen molar-refractivity contribution >= 4 is 17.1 Å². The maximum atomic E-state index is 11.4. The Bertz CT molecular complexity index is 1030. The fourth-order valence-corrected chi connectivity index (χ4v) is 1.96. The molecular formula is C14H14N4O6. The number of hydrogen-bond acceptors (Lipinski definition) is 6. The molecule has 24 heavy (non-hydrogen) atoms. The maximum absolute atomic E-state index is 11.4. The lowest BCUT2D eigenvalue weighted by Crippen LogP contribution is -2.36. The van der Waals surface area contributed by atoms with Gasteiger partial charge >= 0.3 is 11.7 Å². The number of phenolic OH excluding ortho intramolecular Hbond substituents is 1. The summed E-state index contributed by atoms with van der Waals surface area (Å²) in [5, 5.41) is 26.1. The first-order valence-corrected chi connectivity index (χ1v) is 6.58. The molecule has 0 bridgehead atoms. The van der Waals surface area contributed by atoms with Crippen LogP contribution in [0.2, 0.25) is 0 Å². The second-order valence-corrected chi connectivity index (χ2v) is 4.81. The molecule has 0 saturated carbocycles. The molecule has 0 radical (unpaired) electrons. The van der Waals surface area contributed by atoms with Crippen LogP contribution in [-0.2, 0) is 14.1 Å². The van der Waals surface area contributed by atoms with Crippen LogP contribution in [-0.4, -0.2) is 40.4 Å². The van der Waals surface area contributed by atoms with Crippen LogP contribution >= 0.6 is 0 Å². The number of aryl methyl sites for hydroxylation is 1. The van der Waals surface area contributed by atoms with Gasteiger partial charge in [0, 0.05) is 14.1 Å². The summed E-state index contributed by atoms with van der Waals surface area (Å²) in [5.74, 6) is -1.80. The van der Waals surface area contributed by atoms with Gasteiger partial charge in [-0.2, -0.15) is 0 Å². The normalized spacial score (nSPS) is 10.2. The van der Waals surface area contributed by atoms with E-state index in [2.05, 4.69) is 9.97 Å². The highest BCUT2D eigenvalue weighted by Gasteiger charge is 2.09. The molecule has 0 fully saturated rings. The number of carboxylic acids is 1. The number of nitrogens with one attached hydrogen (secondary N) is 1. The molecule has 0 aliphatic heterocycles. The van der Waals surface area contributed by atoms with Gasteiger partial charge < -0.3 is 20.3 Å². The van der Waals surface area contributed by atoms with Gasteiger partial charge in [-0.25, -0.2) is 14.6 Å². The molecule has 126 valence electrons. The second kappa shape index (κ2) is 6.28. The molecule has 10 nitrogen and oxygen atoms in total. The number of carbonyl (C=O) groups is 1. The number of rotatable bonds is 1. The first-order chi connectivity index (χ1) is 11.2. The van der Waals surface area contributed by atoms with Crippen LogP contribution in [0.25, 0.3) is 11.2 Å². The number of aromatic hydroxyl groups is 2. The molecule has 2 aromatic heterocycles. The number of phenols is 2. The fraction of sp³-hybridized carbons (Fsp3) is 0.143. The van der Waals surface area contributed by atoms with E-state index in [9.17, 15) is 14.4 Å². The summed E-state index contributed by atoms with van der Waals surface area (Å²) in [7, 11) is 3.01. The number of nitrogens with zero attached hydrogens (tertiary/aromatic N) is 3. The Morgan fingerprint density at radius 1 is 1.17 bits per heavy atom. The Balaban J connectivity index is 0.000000177. The van der Waals surface area contributed by atoms with Crippen LogP contribution in [0.15, 0.2) is 34.1 Å². The van der Waals surface area contributed by atoms with Gasteiger partial charge in [0.05, 0.1) is 6.33 Å². The van der Waals surface area contributed by atoms with Gasteiger partial charge in [-0.3, -0.25) is 13.9 Å². The zero-order valence-electron chi connectivity index (χ0n) is 12.7. The van der Waals surface area contributed by atoms with E-state index in [4.69, 9.17) is 15.3 Å². The quantitative estimate of drug-likeness (QED) is 0.448. The number of fused-ring (bicyclic) bond motifs is 1. The molecule has 10 heteroatoms. The van der Waals surface area contributed by atoms with Gasteiger partial charge in [0.1, 0.15) is 22.6 Å². The predicted octanol–water partition coefficient (Wildman–Crippen LogP) is -0.244. The summed E-state index contributed by atoms with van der Waals surface area (Å²) in [4.78, 5) is 39.7. The molecule has 1 aromatic carbocycles. The number of hydrogen-bond donors (Lipinski definition) is 4. The first-order valence-electron chi connectivity index (χ1n) is 6.58. The Labute approximate surface area is 133 Å². The lowest BCUT2D eigenvalue weighted by atomic mass is 10.2. The van der Waals surface area contributed by atoms with Crippen LogP contribution in [0, 0.1) is 0 Å². The molecule has 0 atom stereocenters. The molecule has 0 unspecified atom stereocenters. The van der Waals surface area contributed by atoms with Crippen molar-refractivity contribution in [1.82, 2.24) is 19.1 Å². The molecule has 4 N–H and O–H groups in total. The Morgan fingerprint density at radius 3 is 2.42 bits per heavy atom. The highest BCUT2D eigenvalue weighted by Crippen LogP contribution is 2.21. The van der Waals surface area contributed by atoms with Gasteiger partial charge in [0.25, 0.3) is 5.56 Å². The van der Waals surface area contributed by atoms with Crippen molar-refractivity contribution in [1.29, 1.82) is 0 Å². The monoisotopic (exact) mass is 334 g/mol. The van der Waals surface area contributed by atoms with Crippen molar-refractivity contribution in [2.24, 2.45) is 14.1 Å². The minimum Gasteiger partial charge on any atom is -0.508 e. The van der Waals surface area contributed by atoms with E-state index in [1.807, 2.05) is 0 Å². The van der Waals surface area contributed by atoms with E-state index in [0.29, 0.717) is 11.2 Å². The Morgan fingerprint density at radius 2 is 1.83 bits per heavy atom. The number of imidazole rings is 1. The largest absolute Gasteiger partial charge is 0.508 e. The van der Waals surface area contributed by atoms with Gasteiger partial charge in [-0.05, 0) is 18.2 Å². The lowest BCUT2D eigenvalue weighted by molar-refractivity contribution is 0.0693. The first kappa shape index (κ1) is 16.8. The van der Waals surface area contributed by atoms with E-state index in [-0.39, 0.29) is 28.3 Å². The average Bonchev–Trinajstić information content (AvgIpc) is 3.03. The molecule has 0 spiro atoms. The molecule has 0 aliphatic carbocycles. The summed E-state index contributed by atoms with van der Waals surface area (Å²) in [6.07, 6.45) is 1.39. The van der Waals surface area contributed by atoms with Crippen LogP contribution in [0.4, 0.5) is 0 Å². The molecule has 3 rings (SSSR count). The van der Waals surface area contributed by atoms with Crippen LogP contribution < -0.4 is 11.2 Å². The van der Waals surface area contributed by atoms with Gasteiger partial charge in [0.2, 0.25) is 0 Å². The summed E-state index contributed by atoms with van der Waals surface area (Å²) < 4.78 is 2.37. The minimum atomic E-state index is -1.27. The lowest BCUT2D eigenvalue weighted by Gasteiger charge is -2.00. The summed E-state index contributed by atoms with van der Waals surface area (Å²) in [6.45, 7) is 0. The number of benzene rings is 1. The van der Waals surface area contributed by atoms with E-state index < -0.39 is 5.97 Å². The van der Waals surface area contributed by atoms with Crippen molar-refractivity contribution in [3.8, 4) is 11.5 Å².